The Morgan fingerprint density at radius 2 is 2.16 bits per heavy atom. The van der Waals surface area contributed by atoms with Gasteiger partial charge in [0.15, 0.2) is 0 Å². The molecule has 0 unspecified atom stereocenters. The second kappa shape index (κ2) is 6.79. The summed E-state index contributed by atoms with van der Waals surface area (Å²) in [6, 6.07) is 5.47. The van der Waals surface area contributed by atoms with E-state index in [0.717, 1.165) is 0 Å². The molecule has 3 rings (SSSR count). The van der Waals surface area contributed by atoms with Crippen LogP contribution in [-0.4, -0.2) is 38.0 Å². The number of hydrogen-bond donors (Lipinski definition) is 2. The molecule has 0 bridgehead atoms. The molecule has 2 aromatic rings. The minimum atomic E-state index is -0.588. The number of carbonyl (C=O) groups is 1. The van der Waals surface area contributed by atoms with Gasteiger partial charge in [0.1, 0.15) is 11.6 Å². The summed E-state index contributed by atoms with van der Waals surface area (Å²) in [5, 5.41) is 17.3. The molecule has 1 amide bonds. The number of aromatic nitrogens is 3. The zero-order valence-corrected chi connectivity index (χ0v) is 14.1. The third-order valence-electron chi connectivity index (χ3n) is 4.79. The molecule has 1 aliphatic rings. The summed E-state index contributed by atoms with van der Waals surface area (Å²) in [5.74, 6) is -0.375. The van der Waals surface area contributed by atoms with E-state index >= 15 is 0 Å². The van der Waals surface area contributed by atoms with Gasteiger partial charge in [0.05, 0.1) is 6.10 Å². The summed E-state index contributed by atoms with van der Waals surface area (Å²) in [7, 11) is 3.25. The molecule has 1 aliphatic carbocycles. The third kappa shape index (κ3) is 3.48. The van der Waals surface area contributed by atoms with Crippen LogP contribution in [0, 0.1) is 11.7 Å². The van der Waals surface area contributed by atoms with Crippen LogP contribution in [0.25, 0.3) is 0 Å². The molecule has 0 spiro atoms. The summed E-state index contributed by atoms with van der Waals surface area (Å²) in [6.07, 6.45) is 0.523. The molecular weight excluding hydrogens is 327 g/mol. The van der Waals surface area contributed by atoms with Crippen molar-refractivity contribution in [1.29, 1.82) is 0 Å². The van der Waals surface area contributed by atoms with Crippen molar-refractivity contribution < 1.29 is 14.3 Å². The number of benzene rings is 1. The topological polar surface area (TPSA) is 89.2 Å². The molecule has 2 N–H and O–H groups in total. The molecule has 1 heterocycles. The first-order valence-electron chi connectivity index (χ1n) is 8.18. The zero-order chi connectivity index (χ0) is 18.1. The van der Waals surface area contributed by atoms with Crippen molar-refractivity contribution in [3.05, 3.63) is 52.0 Å². The van der Waals surface area contributed by atoms with Gasteiger partial charge in [-0.15, -0.1) is 0 Å². The molecule has 0 radical (unpaired) electrons. The zero-order valence-electron chi connectivity index (χ0n) is 14.1. The van der Waals surface area contributed by atoms with Gasteiger partial charge in [-0.25, -0.2) is 13.9 Å². The Balaban J connectivity index is 1.63. The number of hydrogen-bond acceptors (Lipinski definition) is 4. The molecule has 8 heteroatoms. The van der Waals surface area contributed by atoms with E-state index in [1.165, 1.54) is 33.5 Å². The predicted octanol–water partition coefficient (Wildman–Crippen LogP) is 0.542. The van der Waals surface area contributed by atoms with E-state index in [1.54, 1.807) is 14.1 Å². The van der Waals surface area contributed by atoms with Gasteiger partial charge >= 0.3 is 5.69 Å². The van der Waals surface area contributed by atoms with Crippen LogP contribution >= 0.6 is 0 Å². The molecule has 7 nitrogen and oxygen atoms in total. The summed E-state index contributed by atoms with van der Waals surface area (Å²) in [5.41, 5.74) is 0.0449. The third-order valence-corrected chi connectivity index (χ3v) is 4.79. The van der Waals surface area contributed by atoms with Crippen molar-refractivity contribution in [1.82, 2.24) is 19.7 Å². The normalized spacial score (nSPS) is 23.0. The fraction of sp³-hybridized carbons (Fsp3) is 0.471. The second-order valence-corrected chi connectivity index (χ2v) is 6.54. The number of aryl methyl sites for hydroxylation is 1. The Morgan fingerprint density at radius 3 is 2.80 bits per heavy atom. The maximum atomic E-state index is 13.2. The van der Waals surface area contributed by atoms with Gasteiger partial charge in [0, 0.05) is 38.0 Å². The first kappa shape index (κ1) is 17.3. The Labute approximate surface area is 144 Å². The predicted molar refractivity (Wildman–Crippen MR) is 88.7 cm³/mol. The fourth-order valence-corrected chi connectivity index (χ4v) is 3.42. The van der Waals surface area contributed by atoms with Crippen molar-refractivity contribution in [2.24, 2.45) is 20.0 Å². The van der Waals surface area contributed by atoms with Crippen molar-refractivity contribution in [2.45, 2.75) is 24.9 Å². The molecular formula is C17H21FN4O3. The first-order chi connectivity index (χ1) is 11.9. The highest BCUT2D eigenvalue weighted by atomic mass is 19.1. The van der Waals surface area contributed by atoms with Crippen LogP contribution in [0.4, 0.5) is 4.39 Å². The highest BCUT2D eigenvalue weighted by Crippen LogP contribution is 2.37. The van der Waals surface area contributed by atoms with Crippen LogP contribution in [-0.2, 0) is 14.1 Å². The molecule has 1 saturated carbocycles. The van der Waals surface area contributed by atoms with E-state index in [4.69, 9.17) is 0 Å². The lowest BCUT2D eigenvalue weighted by molar-refractivity contribution is 0.0916. The number of amides is 1. The molecule has 1 fully saturated rings. The minimum Gasteiger partial charge on any atom is -0.393 e. The SMILES string of the molecule is Cn1nc([C@H]2C[C@H](CNC(=O)c3cccc(F)c3)[C@H](O)C2)n(C)c1=O. The fourth-order valence-electron chi connectivity index (χ4n) is 3.42. The Morgan fingerprint density at radius 1 is 1.40 bits per heavy atom. The van der Waals surface area contributed by atoms with E-state index in [9.17, 15) is 19.1 Å². The second-order valence-electron chi connectivity index (χ2n) is 6.54. The lowest BCUT2D eigenvalue weighted by atomic mass is 10.0. The molecule has 0 aliphatic heterocycles. The molecule has 25 heavy (non-hydrogen) atoms. The first-order valence-corrected chi connectivity index (χ1v) is 8.18. The van der Waals surface area contributed by atoms with Crippen molar-refractivity contribution in [2.75, 3.05) is 6.54 Å². The molecule has 3 atom stereocenters. The number of halogens is 1. The molecule has 134 valence electrons. The number of aliphatic hydroxyl groups is 1. The highest BCUT2D eigenvalue weighted by Gasteiger charge is 2.36. The number of carbonyl (C=O) groups excluding carboxylic acids is 1. The van der Waals surface area contributed by atoms with E-state index in [-0.39, 0.29) is 35.5 Å². The molecule has 1 aromatic carbocycles. The Bertz CT molecular complexity index is 845. The number of aliphatic hydroxyl groups excluding tert-OH is 1. The monoisotopic (exact) mass is 348 g/mol. The van der Waals surface area contributed by atoms with Crippen LogP contribution in [0.1, 0.15) is 34.9 Å². The molecule has 0 saturated heterocycles. The van der Waals surface area contributed by atoms with Crippen LogP contribution in [0.15, 0.2) is 29.1 Å². The number of rotatable bonds is 4. The van der Waals surface area contributed by atoms with Crippen LogP contribution in [0.2, 0.25) is 0 Å². The van der Waals surface area contributed by atoms with Crippen LogP contribution in [0.5, 0.6) is 0 Å². The Kier molecular flexibility index (Phi) is 4.71. The summed E-state index contributed by atoms with van der Waals surface area (Å²) < 4.78 is 16.0. The van der Waals surface area contributed by atoms with Gasteiger partial charge in [-0.1, -0.05) is 6.07 Å². The van der Waals surface area contributed by atoms with E-state index in [2.05, 4.69) is 10.4 Å². The maximum Gasteiger partial charge on any atom is 0.345 e. The summed E-state index contributed by atoms with van der Waals surface area (Å²) >= 11 is 0. The average Bonchev–Trinajstić information content (AvgIpc) is 3.07. The maximum absolute atomic E-state index is 13.2. The highest BCUT2D eigenvalue weighted by molar-refractivity contribution is 5.94. The Hall–Kier alpha value is -2.48. The van der Waals surface area contributed by atoms with Gasteiger partial charge in [0.2, 0.25) is 0 Å². The van der Waals surface area contributed by atoms with Gasteiger partial charge in [0.25, 0.3) is 5.91 Å². The van der Waals surface area contributed by atoms with E-state index < -0.39 is 11.9 Å². The average molecular weight is 348 g/mol. The molecule has 1 aromatic heterocycles. The van der Waals surface area contributed by atoms with E-state index in [0.29, 0.717) is 18.7 Å². The van der Waals surface area contributed by atoms with Crippen LogP contribution < -0.4 is 11.0 Å². The van der Waals surface area contributed by atoms with Gasteiger partial charge in [-0.05, 0) is 31.0 Å². The smallest absolute Gasteiger partial charge is 0.345 e. The van der Waals surface area contributed by atoms with Gasteiger partial charge in [-0.2, -0.15) is 5.10 Å². The van der Waals surface area contributed by atoms with Crippen molar-refractivity contribution in [3.63, 3.8) is 0 Å². The largest absolute Gasteiger partial charge is 0.393 e. The van der Waals surface area contributed by atoms with Crippen LogP contribution in [0.3, 0.4) is 0 Å². The quantitative estimate of drug-likeness (QED) is 0.844. The van der Waals surface area contributed by atoms with Crippen molar-refractivity contribution in [3.8, 4) is 0 Å². The summed E-state index contributed by atoms with van der Waals surface area (Å²) in [6.45, 7) is 0.286. The summed E-state index contributed by atoms with van der Waals surface area (Å²) in [4.78, 5) is 23.9. The lowest BCUT2D eigenvalue weighted by Crippen LogP contribution is -2.32. The standard InChI is InChI=1S/C17H21FN4O3/c1-21-15(20-22(2)17(21)25)11-6-12(14(23)8-11)9-19-16(24)10-4-3-5-13(18)7-10/h3-5,7,11-12,14,23H,6,8-9H2,1-2H3,(H,19,24)/t11-,12+,14+/m0/s1. The number of nitrogens with zero attached hydrogens (tertiary/aromatic N) is 3. The number of nitrogens with one attached hydrogen (secondary N) is 1. The van der Waals surface area contributed by atoms with Gasteiger partial charge < -0.3 is 10.4 Å². The minimum absolute atomic E-state index is 0.0371. The van der Waals surface area contributed by atoms with Crippen molar-refractivity contribution >= 4 is 5.91 Å². The lowest BCUT2D eigenvalue weighted by Gasteiger charge is -2.15. The van der Waals surface area contributed by atoms with E-state index in [1.807, 2.05) is 0 Å². The van der Waals surface area contributed by atoms with Gasteiger partial charge in [-0.3, -0.25) is 9.36 Å².